The molecule has 6 aliphatic heterocycles. The van der Waals surface area contributed by atoms with Crippen LogP contribution in [-0.2, 0) is 83.4 Å². The largest absolute Gasteiger partial charge is 0.475 e. The van der Waals surface area contributed by atoms with Crippen LogP contribution < -0.4 is 27.2 Å². The molecule has 0 aromatic carbocycles. The number of phosphoric ester groups is 1. The summed E-state index contributed by atoms with van der Waals surface area (Å²) in [5, 5.41) is 4.49. The van der Waals surface area contributed by atoms with Crippen LogP contribution in [0.3, 0.4) is 0 Å². The van der Waals surface area contributed by atoms with Gasteiger partial charge in [0.15, 0.2) is 23.4 Å². The Bertz CT molecular complexity index is 3250. The molecule has 6 saturated heterocycles. The fourth-order valence-electron chi connectivity index (χ4n) is 8.71. The molecule has 9 heterocycles. The van der Waals surface area contributed by atoms with E-state index in [1.54, 1.807) is 69.2 Å². The molecule has 0 radical (unpaired) electrons. The van der Waals surface area contributed by atoms with Gasteiger partial charge in [-0.05, 0) is 80.5 Å². The maximum Gasteiger partial charge on any atom is 0.475 e. The van der Waals surface area contributed by atoms with E-state index >= 15 is 0 Å². The van der Waals surface area contributed by atoms with Crippen molar-refractivity contribution in [1.29, 1.82) is 0 Å². The van der Waals surface area contributed by atoms with Crippen molar-refractivity contribution < 1.29 is 110 Å². The topological polar surface area (TPSA) is 342 Å². The highest BCUT2D eigenvalue weighted by molar-refractivity contribution is 8.13. The van der Waals surface area contributed by atoms with Gasteiger partial charge < -0.3 is 23.7 Å². The Morgan fingerprint density at radius 1 is 0.602 bits per heavy atom. The minimum Gasteiger partial charge on any atom is -0.462 e. The molecule has 88 heavy (non-hydrogen) atoms. The number of halogens is 6. The second-order valence-corrected chi connectivity index (χ2v) is 28.3. The summed E-state index contributed by atoms with van der Waals surface area (Å²) < 4.78 is 191. The van der Waals surface area contributed by atoms with Gasteiger partial charge in [0.2, 0.25) is 18.7 Å². The van der Waals surface area contributed by atoms with Crippen molar-refractivity contribution in [2.24, 2.45) is 5.41 Å². The number of phosphoric acid groups is 1. The molecule has 0 saturated carbocycles. The Labute approximate surface area is 502 Å². The summed E-state index contributed by atoms with van der Waals surface area (Å²) in [6.07, 6.45) is -13.0. The monoisotopic (exact) mass is 1340 g/mol. The maximum absolute atomic E-state index is 15.0. The first-order valence-electron chi connectivity index (χ1n) is 27.0. The van der Waals surface area contributed by atoms with Crippen molar-refractivity contribution in [3.63, 3.8) is 0 Å². The molecule has 0 amide bonds. The summed E-state index contributed by atoms with van der Waals surface area (Å²) in [6, 6.07) is 1.90. The maximum atomic E-state index is 15.0. The van der Waals surface area contributed by atoms with E-state index in [1.165, 1.54) is 32.0 Å². The van der Waals surface area contributed by atoms with Crippen LogP contribution in [0.25, 0.3) is 0 Å². The molecular weight excluding hydrogens is 1280 g/mol. The van der Waals surface area contributed by atoms with E-state index in [-0.39, 0.29) is 17.5 Å². The molecule has 0 bridgehead atoms. The normalized spacial score (nSPS) is 31.6. The predicted octanol–water partition coefficient (Wildman–Crippen LogP) is 6.01. The van der Waals surface area contributed by atoms with Gasteiger partial charge >= 0.3 is 70.1 Å². The first-order valence-corrected chi connectivity index (χ1v) is 32.6. The van der Waals surface area contributed by atoms with E-state index in [0.717, 1.165) is 30.4 Å². The number of aromatic nitrogens is 6. The van der Waals surface area contributed by atoms with Crippen molar-refractivity contribution in [2.45, 2.75) is 180 Å². The van der Waals surface area contributed by atoms with E-state index < -0.39 is 175 Å². The molecule has 2 N–H and O–H groups in total. The quantitative estimate of drug-likeness (QED) is 0.0761. The summed E-state index contributed by atoms with van der Waals surface area (Å²) in [4.78, 5) is 82.5. The van der Waals surface area contributed by atoms with Crippen LogP contribution in [0.4, 0.5) is 26.3 Å². The average Bonchev–Trinajstić information content (AvgIpc) is 1.61. The molecule has 14 atom stereocenters. The molecule has 9 rings (SSSR count). The zero-order valence-corrected chi connectivity index (χ0v) is 52.8. The third-order valence-electron chi connectivity index (χ3n) is 13.0. The first-order chi connectivity index (χ1) is 40.7. The van der Waals surface area contributed by atoms with Crippen molar-refractivity contribution in [1.82, 2.24) is 38.8 Å². The molecule has 6 aliphatic rings. The SMILES string of the molecule is Cc1ccn([C@@H]2O[C@@H]3COP(=O)(N[C@@H](C)C(=O)OC(C)C)O[C@H]3C2(F)F)c(=O)n1.Cc1ccn([C@@H]2O[C@@H]3COP(=O)(N[C@H](C)C(=O)OC(C)C)O[C@H]3C2(F)F)c(=O)n1.Cc1ccn([C@@H]2O[C@@H]3COP(=O)(OCCSC(=O)C(C)(C)C)O[C@H]3C2(F)F)c(=O)n1. The van der Waals surface area contributed by atoms with Gasteiger partial charge in [-0.3, -0.25) is 59.8 Å². The fourth-order valence-corrected chi connectivity index (χ4v) is 14.4. The summed E-state index contributed by atoms with van der Waals surface area (Å²) in [5.74, 6) is -12.4. The number of carbonyl (C=O) groups is 3. The highest BCUT2D eigenvalue weighted by Gasteiger charge is 2.68. The van der Waals surface area contributed by atoms with E-state index in [2.05, 4.69) is 25.1 Å². The number of nitrogens with zero attached hydrogens (tertiary/aromatic N) is 6. The second kappa shape index (κ2) is 27.3. The number of esters is 2. The predicted molar refractivity (Wildman–Crippen MR) is 292 cm³/mol. The number of nitrogens with one attached hydrogen (secondary N) is 2. The summed E-state index contributed by atoms with van der Waals surface area (Å²) >= 11 is 0.976. The molecular formula is C49H67F6N8O21P3S. The van der Waals surface area contributed by atoms with Gasteiger partial charge in [0.05, 0.1) is 38.6 Å². The first kappa shape index (κ1) is 70.8. The summed E-state index contributed by atoms with van der Waals surface area (Å²) in [5.41, 5.74) is -2.20. The van der Waals surface area contributed by atoms with Crippen molar-refractivity contribution >= 4 is 52.1 Å². The Kier molecular flexibility index (Phi) is 22.0. The third kappa shape index (κ3) is 16.3. The van der Waals surface area contributed by atoms with E-state index in [9.17, 15) is 68.8 Å². The number of alkyl halides is 6. The van der Waals surface area contributed by atoms with E-state index in [0.29, 0.717) is 30.8 Å². The van der Waals surface area contributed by atoms with Gasteiger partial charge in [-0.15, -0.1) is 0 Å². The Morgan fingerprint density at radius 2 is 0.932 bits per heavy atom. The summed E-state index contributed by atoms with van der Waals surface area (Å²) in [7, 11) is -12.8. The smallest absolute Gasteiger partial charge is 0.462 e. The number of hydrogen-bond acceptors (Lipinski definition) is 25. The van der Waals surface area contributed by atoms with Gasteiger partial charge in [-0.2, -0.15) is 41.3 Å². The molecule has 3 aromatic rings. The Balaban J connectivity index is 0.000000188. The number of hydrogen-bond donors (Lipinski definition) is 2. The van der Waals surface area contributed by atoms with Crippen LogP contribution in [0.5, 0.6) is 0 Å². The van der Waals surface area contributed by atoms with E-state index in [4.69, 9.17) is 55.4 Å². The number of thioether (sulfide) groups is 1. The minimum absolute atomic E-state index is 0.0920. The molecule has 39 heteroatoms. The average molecular weight is 1340 g/mol. The standard InChI is InChI=1S/C17H23F2N2O7PS.2C16H22F2N3O7P/c1-10-5-6-21(15(23)20-10)13-17(18,19)12-11(27-13)9-26-29(24,28-12)25-7-8-30-14(22)16(2,3)4;2*1-8(2)26-13(22)10(4)20-29(24)25-7-11-12(28-29)16(17,18)14(27-11)21-6-5-9(3)19-15(21)23/h5-6,11-13H,7-9H2,1-4H3;2*5-6,8,10-12,14H,7H2,1-4H3,(H,20,24)/t11-,12-,13-,29?;10-,11+,12+,14+,29?;10-,11-,12-,14-,29?/m101/s1. The molecule has 3 aromatic heterocycles. The van der Waals surface area contributed by atoms with E-state index in [1.807, 2.05) is 0 Å². The van der Waals surface area contributed by atoms with Gasteiger partial charge in [0, 0.05) is 46.8 Å². The molecule has 6 fully saturated rings. The van der Waals surface area contributed by atoms with Gasteiger partial charge in [0.1, 0.15) is 30.4 Å². The number of fused-ring (bicyclic) bond motifs is 3. The fraction of sp³-hybridized carbons (Fsp3) is 0.694. The van der Waals surface area contributed by atoms with Crippen molar-refractivity contribution in [2.75, 3.05) is 32.2 Å². The Hall–Kier alpha value is -4.61. The van der Waals surface area contributed by atoms with Crippen LogP contribution >= 0.6 is 35.1 Å². The van der Waals surface area contributed by atoms with Crippen LogP contribution in [0.1, 0.15) is 98.1 Å². The lowest BCUT2D eigenvalue weighted by Gasteiger charge is -2.33. The lowest BCUT2D eigenvalue weighted by Crippen LogP contribution is -2.47. The number of ether oxygens (including phenoxy) is 5. The molecule has 3 unspecified atom stereocenters. The van der Waals surface area contributed by atoms with Crippen LogP contribution in [0, 0.1) is 26.2 Å². The summed E-state index contributed by atoms with van der Waals surface area (Å²) in [6.45, 7) is 17.5. The van der Waals surface area contributed by atoms with Gasteiger partial charge in [0.25, 0.3) is 0 Å². The van der Waals surface area contributed by atoms with Gasteiger partial charge in [-0.1, -0.05) is 32.5 Å². The molecule has 0 spiro atoms. The highest BCUT2D eigenvalue weighted by Crippen LogP contribution is 2.61. The second-order valence-electron chi connectivity index (χ2n) is 22.2. The zero-order chi connectivity index (χ0) is 65.4. The molecule has 0 aliphatic carbocycles. The molecule has 492 valence electrons. The molecule has 29 nitrogen and oxygen atoms in total. The lowest BCUT2D eigenvalue weighted by atomic mass is 10.00. The minimum atomic E-state index is -4.29. The van der Waals surface area contributed by atoms with Crippen molar-refractivity contribution in [3.05, 3.63) is 85.3 Å². The van der Waals surface area contributed by atoms with Crippen molar-refractivity contribution in [3.8, 4) is 0 Å². The lowest BCUT2D eigenvalue weighted by molar-refractivity contribution is -0.150. The van der Waals surface area contributed by atoms with Gasteiger partial charge in [-0.25, -0.2) is 38.3 Å². The van der Waals surface area contributed by atoms with Crippen LogP contribution in [0.15, 0.2) is 51.2 Å². The van der Waals surface area contributed by atoms with Crippen LogP contribution in [0.2, 0.25) is 0 Å². The Morgan fingerprint density at radius 3 is 1.25 bits per heavy atom. The zero-order valence-electron chi connectivity index (χ0n) is 49.3. The number of aryl methyl sites for hydroxylation is 3. The van der Waals surface area contributed by atoms with Crippen LogP contribution in [-0.4, -0.2) is 157 Å². The third-order valence-corrected chi connectivity index (χ3v) is 19.1. The number of carbonyl (C=O) groups excluding carboxylic acids is 3. The highest BCUT2D eigenvalue weighted by atomic mass is 32.2. The number of rotatable bonds is 15.